The molecule has 0 saturated carbocycles. The van der Waals surface area contributed by atoms with Gasteiger partial charge in [0.15, 0.2) is 0 Å². The van der Waals surface area contributed by atoms with Gasteiger partial charge >= 0.3 is 5.97 Å². The van der Waals surface area contributed by atoms with E-state index in [1.165, 1.54) is 0 Å². The summed E-state index contributed by atoms with van der Waals surface area (Å²) in [6.45, 7) is 3.65. The first kappa shape index (κ1) is 11.4. The summed E-state index contributed by atoms with van der Waals surface area (Å²) in [7, 11) is 0. The van der Waals surface area contributed by atoms with Crippen LogP contribution in [0.3, 0.4) is 0 Å². The van der Waals surface area contributed by atoms with Crippen LogP contribution in [0.15, 0.2) is 36.8 Å². The molecule has 2 rings (SSSR count). The fraction of sp³-hybridized carbons (Fsp3) is 0.231. The van der Waals surface area contributed by atoms with Crippen LogP contribution < -0.4 is 0 Å². The Hall–Kier alpha value is -2.10. The van der Waals surface area contributed by atoms with E-state index in [2.05, 4.69) is 4.98 Å². The van der Waals surface area contributed by atoms with Gasteiger partial charge in [-0.05, 0) is 19.9 Å². The van der Waals surface area contributed by atoms with Gasteiger partial charge in [0.25, 0.3) is 0 Å². The van der Waals surface area contributed by atoms with Crippen molar-refractivity contribution in [2.24, 2.45) is 0 Å². The highest BCUT2D eigenvalue weighted by Gasteiger charge is 2.16. The maximum atomic E-state index is 11.0. The summed E-state index contributed by atoms with van der Waals surface area (Å²) in [6, 6.07) is 7.31. The molecule has 0 aliphatic rings. The van der Waals surface area contributed by atoms with E-state index in [-0.39, 0.29) is 0 Å². The van der Waals surface area contributed by atoms with Gasteiger partial charge in [-0.3, -0.25) is 0 Å². The van der Waals surface area contributed by atoms with Crippen molar-refractivity contribution in [2.45, 2.75) is 19.9 Å². The van der Waals surface area contributed by atoms with Crippen LogP contribution in [-0.4, -0.2) is 20.6 Å². The molecule has 0 aliphatic heterocycles. The molecule has 0 spiro atoms. The molecule has 0 bridgehead atoms. The van der Waals surface area contributed by atoms with E-state index in [1.807, 2.05) is 31.2 Å². The number of carboxylic acids is 1. The molecule has 1 N–H and O–H groups in total. The van der Waals surface area contributed by atoms with Crippen molar-refractivity contribution in [1.29, 1.82) is 0 Å². The Morgan fingerprint density at radius 1 is 1.47 bits per heavy atom. The first-order chi connectivity index (χ1) is 8.09. The molecule has 2 aromatic rings. The molecule has 17 heavy (non-hydrogen) atoms. The summed E-state index contributed by atoms with van der Waals surface area (Å²) in [5.41, 5.74) is 2.94. The van der Waals surface area contributed by atoms with Gasteiger partial charge in [0.05, 0.1) is 18.2 Å². The molecule has 1 heterocycles. The Labute approximate surface area is 99.5 Å². The Morgan fingerprint density at radius 2 is 2.24 bits per heavy atom. The van der Waals surface area contributed by atoms with Gasteiger partial charge in [-0.25, -0.2) is 9.78 Å². The first-order valence-corrected chi connectivity index (χ1v) is 5.41. The van der Waals surface area contributed by atoms with Crippen LogP contribution in [0.25, 0.3) is 11.3 Å². The lowest BCUT2D eigenvalue weighted by Crippen LogP contribution is -2.15. The third-order valence-corrected chi connectivity index (χ3v) is 2.75. The van der Waals surface area contributed by atoms with Crippen LogP contribution >= 0.6 is 0 Å². The molecule has 4 heteroatoms. The number of rotatable bonds is 3. The Bertz CT molecular complexity index is 546. The molecule has 1 atom stereocenters. The van der Waals surface area contributed by atoms with Crippen LogP contribution in [0.5, 0.6) is 0 Å². The van der Waals surface area contributed by atoms with Crippen molar-refractivity contribution < 1.29 is 9.90 Å². The van der Waals surface area contributed by atoms with Crippen LogP contribution in [0.2, 0.25) is 0 Å². The molecular formula is C13H14N2O2. The maximum Gasteiger partial charge on any atom is 0.326 e. The van der Waals surface area contributed by atoms with Gasteiger partial charge in [0.1, 0.15) is 6.04 Å². The van der Waals surface area contributed by atoms with E-state index in [9.17, 15) is 4.79 Å². The first-order valence-electron chi connectivity index (χ1n) is 5.41. The van der Waals surface area contributed by atoms with E-state index >= 15 is 0 Å². The third-order valence-electron chi connectivity index (χ3n) is 2.75. The number of nitrogens with zero attached hydrogens (tertiary/aromatic N) is 2. The van der Waals surface area contributed by atoms with Gasteiger partial charge in [0.2, 0.25) is 0 Å². The molecule has 0 radical (unpaired) electrons. The van der Waals surface area contributed by atoms with Gasteiger partial charge in [-0.2, -0.15) is 0 Å². The average Bonchev–Trinajstić information content (AvgIpc) is 2.76. The molecule has 1 aromatic carbocycles. The number of aromatic nitrogens is 2. The highest BCUT2D eigenvalue weighted by atomic mass is 16.4. The van der Waals surface area contributed by atoms with Crippen molar-refractivity contribution in [3.63, 3.8) is 0 Å². The number of aliphatic carboxylic acids is 1. The quantitative estimate of drug-likeness (QED) is 0.881. The highest BCUT2D eigenvalue weighted by Crippen LogP contribution is 2.23. The van der Waals surface area contributed by atoms with Crippen molar-refractivity contribution in [1.82, 2.24) is 9.55 Å². The third kappa shape index (κ3) is 2.20. The van der Waals surface area contributed by atoms with Crippen molar-refractivity contribution in [2.75, 3.05) is 0 Å². The summed E-state index contributed by atoms with van der Waals surface area (Å²) >= 11 is 0. The van der Waals surface area contributed by atoms with Crippen LogP contribution in [0.1, 0.15) is 18.5 Å². The van der Waals surface area contributed by atoms with Crippen LogP contribution in [0, 0.1) is 6.92 Å². The number of benzene rings is 1. The van der Waals surface area contributed by atoms with Gasteiger partial charge in [-0.15, -0.1) is 0 Å². The van der Waals surface area contributed by atoms with Gasteiger partial charge in [-0.1, -0.05) is 23.8 Å². The van der Waals surface area contributed by atoms with E-state index < -0.39 is 12.0 Å². The minimum Gasteiger partial charge on any atom is -0.480 e. The molecule has 88 valence electrons. The second-order valence-corrected chi connectivity index (χ2v) is 4.07. The van der Waals surface area contributed by atoms with E-state index in [0.717, 1.165) is 16.8 Å². The van der Waals surface area contributed by atoms with E-state index in [0.29, 0.717) is 0 Å². The Kier molecular flexibility index (Phi) is 2.95. The average molecular weight is 230 g/mol. The lowest BCUT2D eigenvalue weighted by Gasteiger charge is -2.12. The van der Waals surface area contributed by atoms with Gasteiger partial charge < -0.3 is 9.67 Å². The van der Waals surface area contributed by atoms with Crippen molar-refractivity contribution in [3.8, 4) is 11.3 Å². The van der Waals surface area contributed by atoms with Crippen LogP contribution in [0.4, 0.5) is 0 Å². The number of imidazole rings is 1. The number of carboxylic acid groups (broad SMARTS) is 1. The van der Waals surface area contributed by atoms with Crippen molar-refractivity contribution in [3.05, 3.63) is 42.4 Å². The summed E-state index contributed by atoms with van der Waals surface area (Å²) in [5, 5.41) is 9.03. The van der Waals surface area contributed by atoms with E-state index in [1.54, 1.807) is 24.0 Å². The molecule has 4 nitrogen and oxygen atoms in total. The summed E-state index contributed by atoms with van der Waals surface area (Å²) in [6.07, 6.45) is 3.24. The van der Waals surface area contributed by atoms with Gasteiger partial charge in [0, 0.05) is 5.56 Å². The Balaban J connectivity index is 2.47. The minimum absolute atomic E-state index is 0.618. The minimum atomic E-state index is -0.864. The lowest BCUT2D eigenvalue weighted by molar-refractivity contribution is -0.140. The zero-order valence-corrected chi connectivity index (χ0v) is 9.79. The number of carbonyl (C=O) groups is 1. The fourth-order valence-electron chi connectivity index (χ4n) is 1.76. The fourth-order valence-corrected chi connectivity index (χ4v) is 1.76. The summed E-state index contributed by atoms with van der Waals surface area (Å²) < 4.78 is 1.66. The zero-order chi connectivity index (χ0) is 12.4. The number of hydrogen-bond acceptors (Lipinski definition) is 2. The van der Waals surface area contributed by atoms with Crippen LogP contribution in [-0.2, 0) is 4.79 Å². The predicted molar refractivity (Wildman–Crippen MR) is 64.7 cm³/mol. The molecule has 0 fully saturated rings. The normalized spacial score (nSPS) is 12.4. The summed E-state index contributed by atoms with van der Waals surface area (Å²) in [4.78, 5) is 15.0. The predicted octanol–water partition coefficient (Wildman–Crippen LogP) is 2.50. The highest BCUT2D eigenvalue weighted by molar-refractivity contribution is 5.73. The topological polar surface area (TPSA) is 55.1 Å². The Morgan fingerprint density at radius 3 is 2.88 bits per heavy atom. The summed E-state index contributed by atoms with van der Waals surface area (Å²) in [5.74, 6) is -0.864. The molecule has 0 aliphatic carbocycles. The molecule has 1 aromatic heterocycles. The lowest BCUT2D eigenvalue weighted by atomic mass is 10.1. The zero-order valence-electron chi connectivity index (χ0n) is 9.79. The largest absolute Gasteiger partial charge is 0.480 e. The second-order valence-electron chi connectivity index (χ2n) is 4.07. The van der Waals surface area contributed by atoms with E-state index in [4.69, 9.17) is 5.11 Å². The smallest absolute Gasteiger partial charge is 0.326 e. The molecular weight excluding hydrogens is 216 g/mol. The molecule has 1 unspecified atom stereocenters. The molecule has 0 saturated heterocycles. The monoisotopic (exact) mass is 230 g/mol. The van der Waals surface area contributed by atoms with Crippen molar-refractivity contribution >= 4 is 5.97 Å². The second kappa shape index (κ2) is 4.41. The number of aryl methyl sites for hydroxylation is 1. The standard InChI is InChI=1S/C13H14N2O2/c1-9-4-3-5-11(6-9)12-7-14-8-15(12)10(2)13(16)17/h3-8,10H,1-2H3,(H,16,17). The maximum absolute atomic E-state index is 11.0. The number of hydrogen-bond donors (Lipinski definition) is 1. The SMILES string of the molecule is Cc1cccc(-c2cncn2C(C)C(=O)O)c1. The molecule has 0 amide bonds.